The Morgan fingerprint density at radius 1 is 1.08 bits per heavy atom. The average Bonchev–Trinajstić information content (AvgIpc) is 3.14. The first-order chi connectivity index (χ1) is 12.0. The van der Waals surface area contributed by atoms with Crippen molar-refractivity contribution in [3.63, 3.8) is 0 Å². The third kappa shape index (κ3) is 2.65. The van der Waals surface area contributed by atoms with E-state index in [0.29, 0.717) is 5.69 Å². The fourth-order valence-electron chi connectivity index (χ4n) is 2.74. The summed E-state index contributed by atoms with van der Waals surface area (Å²) in [5.74, 6) is -0.500. The van der Waals surface area contributed by atoms with E-state index in [1.807, 2.05) is 31.2 Å². The van der Waals surface area contributed by atoms with Crippen LogP contribution < -0.4 is 0 Å². The Morgan fingerprint density at radius 3 is 2.52 bits per heavy atom. The molecule has 2 aromatic carbocycles. The minimum atomic E-state index is -3.81. The number of nitrogens with zero attached hydrogens (tertiary/aromatic N) is 2. The molecule has 7 heteroatoms. The quantitative estimate of drug-likeness (QED) is 0.708. The highest BCUT2D eigenvalue weighted by molar-refractivity contribution is 7.90. The van der Waals surface area contributed by atoms with Crippen molar-refractivity contribution in [2.75, 3.05) is 0 Å². The third-order valence-corrected chi connectivity index (χ3v) is 6.80. The van der Waals surface area contributed by atoms with E-state index in [1.165, 1.54) is 23.5 Å². The lowest BCUT2D eigenvalue weighted by Gasteiger charge is -2.13. The zero-order chi connectivity index (χ0) is 17.6. The van der Waals surface area contributed by atoms with Crippen molar-refractivity contribution in [1.29, 1.82) is 0 Å². The van der Waals surface area contributed by atoms with Crippen molar-refractivity contribution in [2.24, 2.45) is 0 Å². The maximum Gasteiger partial charge on any atom is 0.269 e. The number of fused-ring (bicyclic) bond motifs is 1. The molecule has 0 bridgehead atoms. The number of amides is 1. The summed E-state index contributed by atoms with van der Waals surface area (Å²) in [7, 11) is -3.81. The van der Waals surface area contributed by atoms with E-state index in [-0.39, 0.29) is 17.0 Å². The van der Waals surface area contributed by atoms with E-state index >= 15 is 0 Å². The second-order valence-corrected chi connectivity index (χ2v) is 8.51. The Morgan fingerprint density at radius 2 is 1.80 bits per heavy atom. The van der Waals surface area contributed by atoms with Gasteiger partial charge in [-0.3, -0.25) is 4.79 Å². The van der Waals surface area contributed by atoms with Gasteiger partial charge in [0.1, 0.15) is 9.90 Å². The first-order valence-electron chi connectivity index (χ1n) is 7.64. The van der Waals surface area contributed by atoms with Crippen molar-refractivity contribution in [2.45, 2.75) is 18.4 Å². The number of sulfonamides is 1. The number of carbonyl (C=O) groups excluding carboxylic acids is 1. The summed E-state index contributed by atoms with van der Waals surface area (Å²) in [6.45, 7) is 1.96. The molecule has 0 saturated heterocycles. The van der Waals surface area contributed by atoms with Crippen LogP contribution in [0, 0.1) is 6.92 Å². The molecule has 1 aliphatic rings. The van der Waals surface area contributed by atoms with Crippen molar-refractivity contribution < 1.29 is 13.2 Å². The molecule has 0 atom stereocenters. The highest BCUT2D eigenvalue weighted by Crippen LogP contribution is 2.32. The zero-order valence-electron chi connectivity index (χ0n) is 13.3. The number of rotatable bonds is 3. The highest BCUT2D eigenvalue weighted by atomic mass is 32.2. The summed E-state index contributed by atoms with van der Waals surface area (Å²) >= 11 is 1.43. The number of carbonyl (C=O) groups is 1. The summed E-state index contributed by atoms with van der Waals surface area (Å²) in [5, 5.41) is 2.60. The van der Waals surface area contributed by atoms with Crippen molar-refractivity contribution in [3.05, 3.63) is 70.7 Å². The molecule has 1 amide bonds. The Balaban J connectivity index is 1.64. The Labute approximate surface area is 149 Å². The number of hydrogen-bond acceptors (Lipinski definition) is 5. The van der Waals surface area contributed by atoms with Gasteiger partial charge in [0.05, 0.1) is 17.8 Å². The molecule has 0 unspecified atom stereocenters. The first kappa shape index (κ1) is 16.0. The molecule has 25 heavy (non-hydrogen) atoms. The molecule has 5 nitrogen and oxygen atoms in total. The molecule has 0 aliphatic carbocycles. The van der Waals surface area contributed by atoms with Crippen molar-refractivity contribution >= 4 is 27.3 Å². The van der Waals surface area contributed by atoms with Gasteiger partial charge in [0.25, 0.3) is 15.9 Å². The third-order valence-electron chi connectivity index (χ3n) is 4.07. The molecule has 1 aliphatic heterocycles. The molecule has 0 saturated carbocycles. The van der Waals surface area contributed by atoms with Gasteiger partial charge in [-0.15, -0.1) is 11.3 Å². The lowest BCUT2D eigenvalue weighted by atomic mass is 10.2. The molecule has 126 valence electrons. The predicted octanol–water partition coefficient (Wildman–Crippen LogP) is 3.46. The SMILES string of the molecule is Cc1ccc(-c2nc(CN3C(=O)c4ccccc4S3(=O)=O)cs2)cc1. The van der Waals surface area contributed by atoms with Crippen LogP contribution in [0.15, 0.2) is 58.8 Å². The van der Waals surface area contributed by atoms with Gasteiger partial charge in [-0.25, -0.2) is 17.7 Å². The van der Waals surface area contributed by atoms with Gasteiger partial charge < -0.3 is 0 Å². The van der Waals surface area contributed by atoms with Crippen molar-refractivity contribution in [3.8, 4) is 10.6 Å². The van der Waals surface area contributed by atoms with Gasteiger partial charge in [-0.1, -0.05) is 42.0 Å². The van der Waals surface area contributed by atoms with E-state index in [9.17, 15) is 13.2 Å². The van der Waals surface area contributed by atoms with Crippen LogP contribution in [-0.2, 0) is 16.6 Å². The van der Waals surface area contributed by atoms with E-state index in [0.717, 1.165) is 20.4 Å². The Bertz CT molecular complexity index is 1070. The smallest absolute Gasteiger partial charge is 0.268 e. The number of aromatic nitrogens is 1. The predicted molar refractivity (Wildman–Crippen MR) is 95.8 cm³/mol. The second-order valence-electron chi connectivity index (χ2n) is 5.82. The largest absolute Gasteiger partial charge is 0.269 e. The van der Waals surface area contributed by atoms with Crippen LogP contribution in [0.1, 0.15) is 21.6 Å². The van der Waals surface area contributed by atoms with E-state index in [1.54, 1.807) is 17.5 Å². The fourth-order valence-corrected chi connectivity index (χ4v) is 5.10. The number of hydrogen-bond donors (Lipinski definition) is 0. The molecular weight excluding hydrogens is 356 g/mol. The maximum atomic E-state index is 12.6. The average molecular weight is 370 g/mol. The summed E-state index contributed by atoms with van der Waals surface area (Å²) in [4.78, 5) is 17.0. The molecule has 2 heterocycles. The molecule has 4 rings (SSSR count). The lowest BCUT2D eigenvalue weighted by Crippen LogP contribution is -2.29. The number of thiazole rings is 1. The molecule has 0 fully saturated rings. The van der Waals surface area contributed by atoms with Crippen LogP contribution >= 0.6 is 11.3 Å². The van der Waals surface area contributed by atoms with Gasteiger partial charge in [-0.2, -0.15) is 0 Å². The monoisotopic (exact) mass is 370 g/mol. The van der Waals surface area contributed by atoms with E-state index in [4.69, 9.17) is 0 Å². The van der Waals surface area contributed by atoms with Gasteiger partial charge >= 0.3 is 0 Å². The van der Waals surface area contributed by atoms with Gasteiger partial charge in [0.15, 0.2) is 0 Å². The van der Waals surface area contributed by atoms with Crippen LogP contribution in [0.25, 0.3) is 10.6 Å². The topological polar surface area (TPSA) is 67.3 Å². The maximum absolute atomic E-state index is 12.6. The first-order valence-corrected chi connectivity index (χ1v) is 9.96. The van der Waals surface area contributed by atoms with E-state index < -0.39 is 15.9 Å². The van der Waals surface area contributed by atoms with Crippen LogP contribution in [-0.4, -0.2) is 23.6 Å². The number of benzene rings is 2. The molecule has 0 N–H and O–H groups in total. The van der Waals surface area contributed by atoms with Gasteiger partial charge in [0, 0.05) is 10.9 Å². The van der Waals surface area contributed by atoms with Gasteiger partial charge in [-0.05, 0) is 19.1 Å². The molecule has 3 aromatic rings. The van der Waals surface area contributed by atoms with Crippen molar-refractivity contribution in [1.82, 2.24) is 9.29 Å². The highest BCUT2D eigenvalue weighted by Gasteiger charge is 2.41. The summed E-state index contributed by atoms with van der Waals surface area (Å²) in [6, 6.07) is 14.2. The van der Waals surface area contributed by atoms with E-state index in [2.05, 4.69) is 4.98 Å². The summed E-state index contributed by atoms with van der Waals surface area (Å²) < 4.78 is 26.1. The summed E-state index contributed by atoms with van der Waals surface area (Å²) in [5.41, 5.74) is 2.91. The molecule has 1 aromatic heterocycles. The minimum absolute atomic E-state index is 0.0573. The Kier molecular flexibility index (Phi) is 3.70. The van der Waals surface area contributed by atoms with Gasteiger partial charge in [0.2, 0.25) is 0 Å². The lowest BCUT2D eigenvalue weighted by molar-refractivity contribution is 0.0864. The Hall–Kier alpha value is -2.51. The summed E-state index contributed by atoms with van der Waals surface area (Å²) in [6.07, 6.45) is 0. The molecule has 0 radical (unpaired) electrons. The van der Waals surface area contributed by atoms with Crippen LogP contribution in [0.3, 0.4) is 0 Å². The molecular formula is C18H14N2O3S2. The minimum Gasteiger partial charge on any atom is -0.268 e. The normalized spacial score (nSPS) is 15.4. The molecule has 0 spiro atoms. The fraction of sp³-hybridized carbons (Fsp3) is 0.111. The number of aryl methyl sites for hydroxylation is 1. The standard InChI is InChI=1S/C18H14N2O3S2/c1-12-6-8-13(9-7-12)17-19-14(11-24-17)10-20-18(21)15-4-2-3-5-16(15)25(20,22)23/h2-9,11H,10H2,1H3. The zero-order valence-corrected chi connectivity index (χ0v) is 15.0. The van der Waals surface area contributed by atoms with Crippen LogP contribution in [0.2, 0.25) is 0 Å². The van der Waals surface area contributed by atoms with Crippen LogP contribution in [0.5, 0.6) is 0 Å². The second kappa shape index (κ2) is 5.79. The van der Waals surface area contributed by atoms with Crippen LogP contribution in [0.4, 0.5) is 0 Å².